The van der Waals surface area contributed by atoms with Gasteiger partial charge in [-0.2, -0.15) is 0 Å². The molecule has 1 rings (SSSR count). The van der Waals surface area contributed by atoms with Crippen molar-refractivity contribution < 1.29 is 14.7 Å². The van der Waals surface area contributed by atoms with Crippen LogP contribution in [-0.4, -0.2) is 23.8 Å². The Labute approximate surface area is 140 Å². The molecule has 3 nitrogen and oxygen atoms in total. The number of aliphatic hydroxyl groups excluding tert-OH is 1. The summed E-state index contributed by atoms with van der Waals surface area (Å²) in [5.74, 6) is -0.593. The fraction of sp³-hybridized carbons (Fsp3) is 0.600. The van der Waals surface area contributed by atoms with Crippen molar-refractivity contribution in [3.05, 3.63) is 34.9 Å². The fourth-order valence-corrected chi connectivity index (χ4v) is 3.40. The molecule has 0 unspecified atom stereocenters. The van der Waals surface area contributed by atoms with Crippen LogP contribution in [0.1, 0.15) is 53.4 Å². The zero-order valence-corrected chi connectivity index (χ0v) is 14.8. The molecule has 1 aliphatic carbocycles. The zero-order chi connectivity index (χ0) is 17.4. The van der Waals surface area contributed by atoms with Gasteiger partial charge in [0, 0.05) is 11.8 Å². The summed E-state index contributed by atoms with van der Waals surface area (Å²) in [6.45, 7) is 8.19. The summed E-state index contributed by atoms with van der Waals surface area (Å²) >= 11 is 0. The number of hydrogen-bond acceptors (Lipinski definition) is 3. The first-order valence-electron chi connectivity index (χ1n) is 8.48. The Balaban J connectivity index is 3.07. The standard InChI is InChI=1S/C20H30O3/c1-14(2)7-5-9-16(4)20-18(13-22)17(12-21)10-6-8-15(3)11-19(20)23/h7-8,10,12-13,16,18-20,23H,5-6,9,11H2,1-4H3/b15-8+,17-10-/t16-,18-,19-,20-/m1/s1. The predicted octanol–water partition coefficient (Wildman–Crippen LogP) is 4.03. The van der Waals surface area contributed by atoms with Crippen molar-refractivity contribution in [1.82, 2.24) is 0 Å². The molecular weight excluding hydrogens is 288 g/mol. The van der Waals surface area contributed by atoms with Crippen molar-refractivity contribution in [3.63, 3.8) is 0 Å². The average Bonchev–Trinajstić information content (AvgIpc) is 2.53. The van der Waals surface area contributed by atoms with Gasteiger partial charge in [0.25, 0.3) is 0 Å². The molecule has 0 aliphatic heterocycles. The molecule has 0 fully saturated rings. The first-order valence-corrected chi connectivity index (χ1v) is 8.48. The third kappa shape index (κ3) is 5.91. The van der Waals surface area contributed by atoms with Gasteiger partial charge in [0.2, 0.25) is 0 Å². The molecular formula is C20H30O3. The summed E-state index contributed by atoms with van der Waals surface area (Å²) in [6, 6.07) is 0. The predicted molar refractivity (Wildman–Crippen MR) is 94.0 cm³/mol. The van der Waals surface area contributed by atoms with E-state index in [0.29, 0.717) is 18.4 Å². The highest BCUT2D eigenvalue weighted by Gasteiger charge is 2.35. The van der Waals surface area contributed by atoms with Crippen LogP contribution in [0.5, 0.6) is 0 Å². The van der Waals surface area contributed by atoms with Gasteiger partial charge in [0.1, 0.15) is 12.6 Å². The molecule has 0 saturated carbocycles. The average molecular weight is 318 g/mol. The maximum atomic E-state index is 11.7. The number of allylic oxidation sites excluding steroid dienone is 5. The van der Waals surface area contributed by atoms with E-state index in [4.69, 9.17) is 0 Å². The van der Waals surface area contributed by atoms with Gasteiger partial charge in [-0.25, -0.2) is 0 Å². The third-order valence-electron chi connectivity index (χ3n) is 4.71. The maximum absolute atomic E-state index is 11.7. The molecule has 3 heteroatoms. The minimum absolute atomic E-state index is 0.157. The topological polar surface area (TPSA) is 54.4 Å². The quantitative estimate of drug-likeness (QED) is 0.594. The summed E-state index contributed by atoms with van der Waals surface area (Å²) < 4.78 is 0. The molecule has 128 valence electrons. The van der Waals surface area contributed by atoms with Gasteiger partial charge >= 0.3 is 0 Å². The van der Waals surface area contributed by atoms with Crippen LogP contribution in [0.25, 0.3) is 0 Å². The van der Waals surface area contributed by atoms with Crippen LogP contribution in [0.4, 0.5) is 0 Å². The highest BCUT2D eigenvalue weighted by molar-refractivity contribution is 5.81. The van der Waals surface area contributed by atoms with Crippen LogP contribution in [0.3, 0.4) is 0 Å². The molecule has 0 spiro atoms. The molecule has 0 aromatic rings. The van der Waals surface area contributed by atoms with Crippen LogP contribution in [0, 0.1) is 17.8 Å². The molecule has 1 N–H and O–H groups in total. The molecule has 0 bridgehead atoms. The Hall–Kier alpha value is -1.48. The molecule has 0 heterocycles. The van der Waals surface area contributed by atoms with Gasteiger partial charge < -0.3 is 9.90 Å². The SMILES string of the molecule is CC(C)=CCC[C@@H](C)[C@H]1[C@H](O)C/C(C)=C/C/C=C(/C=O)[C@H]1C=O. The van der Waals surface area contributed by atoms with E-state index >= 15 is 0 Å². The zero-order valence-electron chi connectivity index (χ0n) is 14.8. The second kappa shape index (κ2) is 9.61. The van der Waals surface area contributed by atoms with Gasteiger partial charge in [0.15, 0.2) is 0 Å². The van der Waals surface area contributed by atoms with E-state index in [1.807, 2.05) is 19.1 Å². The third-order valence-corrected chi connectivity index (χ3v) is 4.71. The van der Waals surface area contributed by atoms with E-state index in [2.05, 4.69) is 26.8 Å². The van der Waals surface area contributed by atoms with E-state index < -0.39 is 12.0 Å². The summed E-state index contributed by atoms with van der Waals surface area (Å²) in [6.07, 6.45) is 10.0. The summed E-state index contributed by atoms with van der Waals surface area (Å²) in [4.78, 5) is 23.1. The number of aldehydes is 2. The lowest BCUT2D eigenvalue weighted by Gasteiger charge is -2.33. The lowest BCUT2D eigenvalue weighted by Crippen LogP contribution is -2.35. The van der Waals surface area contributed by atoms with Crippen molar-refractivity contribution in [2.75, 3.05) is 0 Å². The molecule has 0 amide bonds. The van der Waals surface area contributed by atoms with Crippen molar-refractivity contribution in [3.8, 4) is 0 Å². The maximum Gasteiger partial charge on any atom is 0.146 e. The smallest absolute Gasteiger partial charge is 0.146 e. The monoisotopic (exact) mass is 318 g/mol. The number of carbonyl (C=O) groups is 2. The largest absolute Gasteiger partial charge is 0.392 e. The van der Waals surface area contributed by atoms with E-state index in [9.17, 15) is 14.7 Å². The van der Waals surface area contributed by atoms with Gasteiger partial charge in [-0.05, 0) is 57.9 Å². The van der Waals surface area contributed by atoms with Crippen LogP contribution in [0.2, 0.25) is 0 Å². The first-order chi connectivity index (χ1) is 10.9. The Kier molecular flexibility index (Phi) is 8.18. The number of hydrogen-bond donors (Lipinski definition) is 1. The minimum Gasteiger partial charge on any atom is -0.392 e. The Bertz CT molecular complexity index is 495. The molecule has 0 aromatic heterocycles. The van der Waals surface area contributed by atoms with Crippen molar-refractivity contribution >= 4 is 12.6 Å². The lowest BCUT2D eigenvalue weighted by molar-refractivity contribution is -0.116. The molecule has 4 atom stereocenters. The molecule has 1 aliphatic rings. The number of aliphatic hydroxyl groups is 1. The van der Waals surface area contributed by atoms with Gasteiger partial charge in [-0.3, -0.25) is 4.79 Å². The number of carbonyl (C=O) groups excluding carboxylic acids is 2. The second-order valence-electron chi connectivity index (χ2n) is 6.95. The molecule has 23 heavy (non-hydrogen) atoms. The molecule has 0 aromatic carbocycles. The Morgan fingerprint density at radius 3 is 2.61 bits per heavy atom. The lowest BCUT2D eigenvalue weighted by atomic mass is 9.73. The van der Waals surface area contributed by atoms with Crippen LogP contribution < -0.4 is 0 Å². The van der Waals surface area contributed by atoms with Gasteiger partial charge in [-0.1, -0.05) is 36.3 Å². The first kappa shape index (κ1) is 19.6. The molecule has 0 saturated heterocycles. The Morgan fingerprint density at radius 2 is 2.04 bits per heavy atom. The van der Waals surface area contributed by atoms with E-state index in [1.54, 1.807) is 0 Å². The second-order valence-corrected chi connectivity index (χ2v) is 6.95. The molecule has 0 radical (unpaired) electrons. The van der Waals surface area contributed by atoms with Crippen LogP contribution >= 0.6 is 0 Å². The van der Waals surface area contributed by atoms with Crippen LogP contribution in [0.15, 0.2) is 34.9 Å². The van der Waals surface area contributed by atoms with Crippen LogP contribution in [-0.2, 0) is 9.59 Å². The van der Waals surface area contributed by atoms with Crippen molar-refractivity contribution in [1.29, 1.82) is 0 Å². The fourth-order valence-electron chi connectivity index (χ4n) is 3.40. The minimum atomic E-state index is -0.607. The van der Waals surface area contributed by atoms with Crippen molar-refractivity contribution in [2.45, 2.75) is 59.5 Å². The Morgan fingerprint density at radius 1 is 1.35 bits per heavy atom. The summed E-state index contributed by atoms with van der Waals surface area (Å²) in [7, 11) is 0. The van der Waals surface area contributed by atoms with Gasteiger partial charge in [0.05, 0.1) is 6.10 Å². The normalized spacial score (nSPS) is 31.3. The summed E-state index contributed by atoms with van der Waals surface area (Å²) in [5.41, 5.74) is 2.88. The van der Waals surface area contributed by atoms with E-state index in [0.717, 1.165) is 31.0 Å². The van der Waals surface area contributed by atoms with Crippen molar-refractivity contribution in [2.24, 2.45) is 17.8 Å². The van der Waals surface area contributed by atoms with E-state index in [-0.39, 0.29) is 11.8 Å². The highest BCUT2D eigenvalue weighted by atomic mass is 16.3. The highest BCUT2D eigenvalue weighted by Crippen LogP contribution is 2.34. The number of rotatable bonds is 6. The van der Waals surface area contributed by atoms with Gasteiger partial charge in [-0.15, -0.1) is 0 Å². The van der Waals surface area contributed by atoms with E-state index in [1.165, 1.54) is 5.57 Å². The summed E-state index contributed by atoms with van der Waals surface area (Å²) in [5, 5.41) is 10.7.